The largest absolute Gasteiger partial charge is 0.573 e. The van der Waals surface area contributed by atoms with E-state index in [9.17, 15) is 13.2 Å². The quantitative estimate of drug-likeness (QED) is 0.873. The first-order valence-corrected chi connectivity index (χ1v) is 7.04. The maximum absolute atomic E-state index is 12.2. The summed E-state index contributed by atoms with van der Waals surface area (Å²) in [6.45, 7) is 1.37. The summed E-state index contributed by atoms with van der Waals surface area (Å²) in [5.41, 5.74) is 0.977. The molecule has 0 spiro atoms. The molecule has 1 fully saturated rings. The van der Waals surface area contributed by atoms with Gasteiger partial charge in [-0.15, -0.1) is 13.2 Å². The molecular formula is C15H21F3N2O. The Bertz CT molecular complexity index is 470. The standard InChI is InChI=1S/C15H21F3N2O/c1-20(2)14(7-4-8-14)11-19-10-12-5-3-6-13(9-12)21-15(16,17)18/h3,5-6,9,19H,4,7-8,10-11H2,1-2H3. The van der Waals surface area contributed by atoms with Crippen molar-refractivity contribution in [3.63, 3.8) is 0 Å². The predicted octanol–water partition coefficient (Wildman–Crippen LogP) is 3.16. The van der Waals surface area contributed by atoms with Gasteiger partial charge in [0.25, 0.3) is 0 Å². The topological polar surface area (TPSA) is 24.5 Å². The first kappa shape index (κ1) is 16.1. The highest BCUT2D eigenvalue weighted by atomic mass is 19.4. The van der Waals surface area contributed by atoms with Crippen LogP contribution in [0.2, 0.25) is 0 Å². The van der Waals surface area contributed by atoms with Gasteiger partial charge in [-0.3, -0.25) is 0 Å². The highest BCUT2D eigenvalue weighted by Gasteiger charge is 2.38. The lowest BCUT2D eigenvalue weighted by Gasteiger charge is -2.47. The van der Waals surface area contributed by atoms with Crippen molar-refractivity contribution in [3.8, 4) is 5.75 Å². The van der Waals surface area contributed by atoms with Gasteiger partial charge >= 0.3 is 6.36 Å². The molecule has 1 aromatic carbocycles. The molecule has 0 saturated heterocycles. The van der Waals surface area contributed by atoms with Crippen molar-refractivity contribution < 1.29 is 17.9 Å². The van der Waals surface area contributed by atoms with Crippen LogP contribution in [-0.2, 0) is 6.54 Å². The van der Waals surface area contributed by atoms with E-state index in [-0.39, 0.29) is 11.3 Å². The van der Waals surface area contributed by atoms with Crippen molar-refractivity contribution in [2.24, 2.45) is 0 Å². The van der Waals surface area contributed by atoms with E-state index in [2.05, 4.69) is 29.0 Å². The van der Waals surface area contributed by atoms with Crippen LogP contribution in [0.1, 0.15) is 24.8 Å². The van der Waals surface area contributed by atoms with Gasteiger partial charge < -0.3 is 15.0 Å². The number of benzene rings is 1. The van der Waals surface area contributed by atoms with Gasteiger partial charge in [-0.05, 0) is 51.1 Å². The number of hydrogen-bond donors (Lipinski definition) is 1. The Morgan fingerprint density at radius 1 is 1.29 bits per heavy atom. The third-order valence-corrected chi connectivity index (χ3v) is 4.15. The SMILES string of the molecule is CN(C)C1(CNCc2cccc(OC(F)(F)F)c2)CCC1. The van der Waals surface area contributed by atoms with Gasteiger partial charge in [0.1, 0.15) is 5.75 Å². The van der Waals surface area contributed by atoms with Gasteiger partial charge in [0, 0.05) is 18.6 Å². The third kappa shape index (κ3) is 4.35. The maximum Gasteiger partial charge on any atom is 0.573 e. The van der Waals surface area contributed by atoms with Gasteiger partial charge in [-0.25, -0.2) is 0 Å². The van der Waals surface area contributed by atoms with Gasteiger partial charge in [0.2, 0.25) is 0 Å². The second-order valence-corrected chi connectivity index (χ2v) is 5.77. The lowest BCUT2D eigenvalue weighted by atomic mass is 9.75. The molecule has 6 heteroatoms. The molecule has 0 bridgehead atoms. The summed E-state index contributed by atoms with van der Waals surface area (Å²) in [7, 11) is 4.14. The molecule has 118 valence electrons. The Balaban J connectivity index is 1.87. The Labute approximate surface area is 123 Å². The fourth-order valence-corrected chi connectivity index (χ4v) is 2.66. The average molecular weight is 302 g/mol. The van der Waals surface area contributed by atoms with E-state index < -0.39 is 6.36 Å². The van der Waals surface area contributed by atoms with E-state index >= 15 is 0 Å². The molecule has 0 aliphatic heterocycles. The van der Waals surface area contributed by atoms with E-state index in [1.54, 1.807) is 12.1 Å². The molecule has 21 heavy (non-hydrogen) atoms. The van der Waals surface area contributed by atoms with Crippen LogP contribution in [0.4, 0.5) is 13.2 Å². The smallest absolute Gasteiger partial charge is 0.406 e. The van der Waals surface area contributed by atoms with Crippen LogP contribution in [0.5, 0.6) is 5.75 Å². The summed E-state index contributed by atoms with van der Waals surface area (Å²) in [4.78, 5) is 2.23. The molecule has 0 amide bonds. The minimum Gasteiger partial charge on any atom is -0.406 e. The summed E-state index contributed by atoms with van der Waals surface area (Å²) in [6, 6.07) is 6.09. The number of likely N-dealkylation sites (N-methyl/N-ethyl adjacent to an activating group) is 1. The number of alkyl halides is 3. The monoisotopic (exact) mass is 302 g/mol. The fourth-order valence-electron chi connectivity index (χ4n) is 2.66. The molecule has 1 N–H and O–H groups in total. The summed E-state index contributed by atoms with van der Waals surface area (Å²) in [6.07, 6.45) is -1.10. The molecule has 0 unspecified atom stereocenters. The molecule has 0 aromatic heterocycles. The van der Waals surface area contributed by atoms with Crippen molar-refractivity contribution in [3.05, 3.63) is 29.8 Å². The van der Waals surface area contributed by atoms with Crippen molar-refractivity contribution in [2.75, 3.05) is 20.6 Å². The van der Waals surface area contributed by atoms with Gasteiger partial charge in [-0.1, -0.05) is 12.1 Å². The number of halogens is 3. The molecule has 0 atom stereocenters. The Morgan fingerprint density at radius 3 is 2.52 bits per heavy atom. The Morgan fingerprint density at radius 2 is 2.00 bits per heavy atom. The minimum absolute atomic E-state index is 0.173. The van der Waals surface area contributed by atoms with Gasteiger partial charge in [0.15, 0.2) is 0 Å². The van der Waals surface area contributed by atoms with E-state index in [0.717, 1.165) is 24.9 Å². The van der Waals surface area contributed by atoms with Crippen molar-refractivity contribution in [1.82, 2.24) is 10.2 Å². The third-order valence-electron chi connectivity index (χ3n) is 4.15. The molecule has 0 radical (unpaired) electrons. The van der Waals surface area contributed by atoms with Crippen LogP contribution < -0.4 is 10.1 Å². The van der Waals surface area contributed by atoms with Crippen LogP contribution in [0, 0.1) is 0 Å². The van der Waals surface area contributed by atoms with Crippen LogP contribution in [0.15, 0.2) is 24.3 Å². The van der Waals surface area contributed by atoms with E-state index in [4.69, 9.17) is 0 Å². The molecule has 1 aliphatic carbocycles. The van der Waals surface area contributed by atoms with E-state index in [0.29, 0.717) is 6.54 Å². The summed E-state index contributed by atoms with van der Waals surface area (Å²) in [5, 5.41) is 3.34. The average Bonchev–Trinajstić information content (AvgIpc) is 2.30. The number of rotatable bonds is 6. The zero-order valence-corrected chi connectivity index (χ0v) is 12.3. The fraction of sp³-hybridized carbons (Fsp3) is 0.600. The summed E-state index contributed by atoms with van der Waals surface area (Å²) < 4.78 is 40.5. The molecule has 1 aromatic rings. The number of nitrogens with zero attached hydrogens (tertiary/aromatic N) is 1. The molecule has 2 rings (SSSR count). The van der Waals surface area contributed by atoms with Crippen LogP contribution in [0.25, 0.3) is 0 Å². The Kier molecular flexibility index (Phi) is 4.78. The highest BCUT2D eigenvalue weighted by molar-refractivity contribution is 5.28. The lowest BCUT2D eigenvalue weighted by Crippen LogP contribution is -2.56. The second-order valence-electron chi connectivity index (χ2n) is 5.77. The first-order valence-electron chi connectivity index (χ1n) is 7.04. The lowest BCUT2D eigenvalue weighted by molar-refractivity contribution is -0.274. The predicted molar refractivity (Wildman–Crippen MR) is 75.1 cm³/mol. The zero-order valence-electron chi connectivity index (χ0n) is 12.3. The number of ether oxygens (including phenoxy) is 1. The summed E-state index contributed by atoms with van der Waals surface area (Å²) in [5.74, 6) is -0.173. The van der Waals surface area contributed by atoms with Crippen molar-refractivity contribution in [1.29, 1.82) is 0 Å². The van der Waals surface area contributed by atoms with Gasteiger partial charge in [0.05, 0.1) is 0 Å². The maximum atomic E-state index is 12.2. The normalized spacial score (nSPS) is 17.6. The number of hydrogen-bond acceptors (Lipinski definition) is 3. The molecule has 3 nitrogen and oxygen atoms in total. The molecular weight excluding hydrogens is 281 g/mol. The molecule has 1 saturated carbocycles. The van der Waals surface area contributed by atoms with Gasteiger partial charge in [-0.2, -0.15) is 0 Å². The number of nitrogens with one attached hydrogen (secondary N) is 1. The Hall–Kier alpha value is -1.27. The van der Waals surface area contributed by atoms with Crippen LogP contribution >= 0.6 is 0 Å². The molecule has 0 heterocycles. The highest BCUT2D eigenvalue weighted by Crippen LogP contribution is 2.35. The first-order chi connectivity index (χ1) is 9.81. The minimum atomic E-state index is -4.65. The van der Waals surface area contributed by atoms with E-state index in [1.807, 2.05) is 0 Å². The van der Waals surface area contributed by atoms with Crippen molar-refractivity contribution >= 4 is 0 Å². The zero-order chi connectivity index (χ0) is 15.5. The van der Waals surface area contributed by atoms with Crippen LogP contribution in [0.3, 0.4) is 0 Å². The van der Waals surface area contributed by atoms with E-state index in [1.165, 1.54) is 18.6 Å². The van der Waals surface area contributed by atoms with Crippen LogP contribution in [-0.4, -0.2) is 37.4 Å². The summed E-state index contributed by atoms with van der Waals surface area (Å²) >= 11 is 0. The molecule has 1 aliphatic rings. The second kappa shape index (κ2) is 6.23. The van der Waals surface area contributed by atoms with Crippen molar-refractivity contribution in [2.45, 2.75) is 37.7 Å².